The van der Waals surface area contributed by atoms with Crippen LogP contribution >= 0.6 is 0 Å². The molecule has 0 radical (unpaired) electrons. The molecule has 0 spiro atoms. The van der Waals surface area contributed by atoms with Crippen molar-refractivity contribution in [2.45, 2.75) is 19.2 Å². The van der Waals surface area contributed by atoms with Crippen LogP contribution in [0.25, 0.3) is 6.08 Å². The highest BCUT2D eigenvalue weighted by molar-refractivity contribution is 5.95. The van der Waals surface area contributed by atoms with Crippen molar-refractivity contribution in [3.8, 4) is 23.0 Å². The summed E-state index contributed by atoms with van der Waals surface area (Å²) in [4.78, 5) is 11.3. The first-order valence-electron chi connectivity index (χ1n) is 7.84. The summed E-state index contributed by atoms with van der Waals surface area (Å²) >= 11 is 0. The summed E-state index contributed by atoms with van der Waals surface area (Å²) in [6.07, 6.45) is -6.49. The molecule has 1 unspecified atom stereocenters. The Morgan fingerprint density at radius 1 is 1.15 bits per heavy atom. The SMILES string of the molecule is COc1cc(C)ccc1Oc1cccc2c1C=C(C(=O)O)C(C(F)(F)F)O2. The van der Waals surface area contributed by atoms with Gasteiger partial charge in [0.25, 0.3) is 0 Å². The van der Waals surface area contributed by atoms with Crippen LogP contribution in [0.5, 0.6) is 23.0 Å². The van der Waals surface area contributed by atoms with E-state index in [1.165, 1.54) is 25.3 Å². The van der Waals surface area contributed by atoms with Gasteiger partial charge < -0.3 is 19.3 Å². The van der Waals surface area contributed by atoms with E-state index in [-0.39, 0.29) is 17.1 Å². The maximum atomic E-state index is 13.2. The minimum atomic E-state index is -4.86. The van der Waals surface area contributed by atoms with Gasteiger partial charge in [0, 0.05) is 0 Å². The molecule has 1 heterocycles. The van der Waals surface area contributed by atoms with E-state index >= 15 is 0 Å². The summed E-state index contributed by atoms with van der Waals surface area (Å²) < 4.78 is 55.4. The average molecular weight is 380 g/mol. The van der Waals surface area contributed by atoms with Crippen molar-refractivity contribution < 1.29 is 37.3 Å². The zero-order chi connectivity index (χ0) is 19.8. The Hall–Kier alpha value is -3.16. The topological polar surface area (TPSA) is 65.0 Å². The molecule has 1 aliphatic heterocycles. The largest absolute Gasteiger partial charge is 0.493 e. The molecule has 2 aromatic rings. The van der Waals surface area contributed by atoms with Crippen LogP contribution in [0.3, 0.4) is 0 Å². The van der Waals surface area contributed by atoms with Crippen molar-refractivity contribution in [2.75, 3.05) is 7.11 Å². The molecular formula is C19H15F3O5. The van der Waals surface area contributed by atoms with E-state index < -0.39 is 23.8 Å². The first-order valence-corrected chi connectivity index (χ1v) is 7.84. The number of carbonyl (C=O) groups is 1. The van der Waals surface area contributed by atoms with Gasteiger partial charge in [0.2, 0.25) is 6.10 Å². The molecular weight excluding hydrogens is 365 g/mol. The molecule has 0 bridgehead atoms. The number of aryl methyl sites for hydroxylation is 1. The Bertz CT molecular complexity index is 918. The highest BCUT2D eigenvalue weighted by Crippen LogP contribution is 2.43. The van der Waals surface area contributed by atoms with Crippen molar-refractivity contribution in [3.63, 3.8) is 0 Å². The van der Waals surface area contributed by atoms with E-state index in [1.807, 2.05) is 6.92 Å². The molecule has 0 saturated carbocycles. The van der Waals surface area contributed by atoms with Gasteiger partial charge in [-0.2, -0.15) is 13.2 Å². The zero-order valence-electron chi connectivity index (χ0n) is 14.3. The molecule has 8 heteroatoms. The van der Waals surface area contributed by atoms with Gasteiger partial charge >= 0.3 is 12.1 Å². The van der Waals surface area contributed by atoms with Gasteiger partial charge in [-0.3, -0.25) is 0 Å². The lowest BCUT2D eigenvalue weighted by Crippen LogP contribution is -2.40. The van der Waals surface area contributed by atoms with Gasteiger partial charge in [-0.05, 0) is 42.8 Å². The lowest BCUT2D eigenvalue weighted by Gasteiger charge is -2.27. The predicted molar refractivity (Wildman–Crippen MR) is 90.3 cm³/mol. The molecule has 0 fully saturated rings. The van der Waals surface area contributed by atoms with Crippen LogP contribution in [-0.4, -0.2) is 30.5 Å². The minimum Gasteiger partial charge on any atom is -0.493 e. The molecule has 1 aliphatic rings. The number of carboxylic acid groups (broad SMARTS) is 1. The maximum Gasteiger partial charge on any atom is 0.430 e. The lowest BCUT2D eigenvalue weighted by atomic mass is 10.0. The van der Waals surface area contributed by atoms with Crippen molar-refractivity contribution in [1.29, 1.82) is 0 Å². The minimum absolute atomic E-state index is 0.109. The van der Waals surface area contributed by atoms with Crippen LogP contribution in [0.2, 0.25) is 0 Å². The molecule has 1 atom stereocenters. The third-order valence-corrected chi connectivity index (χ3v) is 3.94. The molecule has 5 nitrogen and oxygen atoms in total. The second kappa shape index (κ2) is 6.86. The number of methoxy groups -OCH3 is 1. The number of rotatable bonds is 4. The second-order valence-electron chi connectivity index (χ2n) is 5.87. The van der Waals surface area contributed by atoms with Gasteiger partial charge in [0.15, 0.2) is 11.5 Å². The number of alkyl halides is 3. The van der Waals surface area contributed by atoms with E-state index in [9.17, 15) is 23.1 Å². The lowest BCUT2D eigenvalue weighted by molar-refractivity contribution is -0.187. The average Bonchev–Trinajstić information content (AvgIpc) is 2.61. The van der Waals surface area contributed by atoms with E-state index in [2.05, 4.69) is 0 Å². The first-order chi connectivity index (χ1) is 12.7. The summed E-state index contributed by atoms with van der Waals surface area (Å²) in [7, 11) is 1.46. The van der Waals surface area contributed by atoms with E-state index in [0.29, 0.717) is 11.5 Å². The normalized spacial score (nSPS) is 16.0. The van der Waals surface area contributed by atoms with Crippen molar-refractivity contribution in [2.24, 2.45) is 0 Å². The summed E-state index contributed by atoms with van der Waals surface area (Å²) in [6, 6.07) is 9.45. The van der Waals surface area contributed by atoms with Gasteiger partial charge in [0.05, 0.1) is 18.2 Å². The third-order valence-electron chi connectivity index (χ3n) is 3.94. The van der Waals surface area contributed by atoms with E-state index in [4.69, 9.17) is 14.2 Å². The fraction of sp³-hybridized carbons (Fsp3) is 0.211. The van der Waals surface area contributed by atoms with Gasteiger partial charge in [0.1, 0.15) is 11.5 Å². The summed E-state index contributed by atoms with van der Waals surface area (Å²) in [5.74, 6) is -0.926. The van der Waals surface area contributed by atoms with Crippen LogP contribution in [0.15, 0.2) is 42.0 Å². The summed E-state index contributed by atoms with van der Waals surface area (Å²) in [6.45, 7) is 1.86. The smallest absolute Gasteiger partial charge is 0.430 e. The predicted octanol–water partition coefficient (Wildman–Crippen LogP) is 4.59. The summed E-state index contributed by atoms with van der Waals surface area (Å²) in [5, 5.41) is 9.18. The zero-order valence-corrected chi connectivity index (χ0v) is 14.3. The van der Waals surface area contributed by atoms with Crippen LogP contribution in [0, 0.1) is 6.92 Å². The van der Waals surface area contributed by atoms with Crippen LogP contribution < -0.4 is 14.2 Å². The van der Waals surface area contributed by atoms with Crippen molar-refractivity contribution in [1.82, 2.24) is 0 Å². The van der Waals surface area contributed by atoms with Gasteiger partial charge in [-0.15, -0.1) is 0 Å². The molecule has 2 aromatic carbocycles. The number of hydrogen-bond donors (Lipinski definition) is 1. The van der Waals surface area contributed by atoms with E-state index in [0.717, 1.165) is 11.6 Å². The Labute approximate surface area is 152 Å². The maximum absolute atomic E-state index is 13.2. The highest BCUT2D eigenvalue weighted by atomic mass is 19.4. The van der Waals surface area contributed by atoms with Crippen LogP contribution in [-0.2, 0) is 4.79 Å². The molecule has 0 amide bonds. The number of benzene rings is 2. The third kappa shape index (κ3) is 3.69. The van der Waals surface area contributed by atoms with Crippen LogP contribution in [0.4, 0.5) is 13.2 Å². The molecule has 0 saturated heterocycles. The van der Waals surface area contributed by atoms with E-state index in [1.54, 1.807) is 18.2 Å². The van der Waals surface area contributed by atoms with Gasteiger partial charge in [-0.25, -0.2) is 4.79 Å². The molecule has 142 valence electrons. The summed E-state index contributed by atoms with van der Waals surface area (Å²) in [5.41, 5.74) is 0.124. The second-order valence-corrected chi connectivity index (χ2v) is 5.87. The Kier molecular flexibility index (Phi) is 4.73. The quantitative estimate of drug-likeness (QED) is 0.841. The number of hydrogen-bond acceptors (Lipinski definition) is 4. The molecule has 0 aromatic heterocycles. The van der Waals surface area contributed by atoms with Crippen LogP contribution in [0.1, 0.15) is 11.1 Å². The molecule has 27 heavy (non-hydrogen) atoms. The first kappa shape index (κ1) is 18.6. The standard InChI is InChI=1S/C19H15F3O5/c1-10-6-7-15(16(8-10)25-2)26-13-4-3-5-14-11(13)9-12(18(23)24)17(27-14)19(20,21)22/h3-9,17H,1-2H3,(H,23,24). The van der Waals surface area contributed by atoms with Crippen molar-refractivity contribution >= 4 is 12.0 Å². The fourth-order valence-corrected chi connectivity index (χ4v) is 2.67. The highest BCUT2D eigenvalue weighted by Gasteiger charge is 2.48. The molecule has 1 N–H and O–H groups in total. The Morgan fingerprint density at radius 3 is 2.52 bits per heavy atom. The Morgan fingerprint density at radius 2 is 1.89 bits per heavy atom. The van der Waals surface area contributed by atoms with Gasteiger partial charge in [-0.1, -0.05) is 12.1 Å². The molecule has 3 rings (SSSR count). The number of fused-ring (bicyclic) bond motifs is 1. The monoisotopic (exact) mass is 380 g/mol. The molecule has 0 aliphatic carbocycles. The fourth-order valence-electron chi connectivity index (χ4n) is 2.67. The number of ether oxygens (including phenoxy) is 3. The number of halogens is 3. The number of carboxylic acids is 1. The Balaban J connectivity index is 2.06. The van der Waals surface area contributed by atoms with Crippen molar-refractivity contribution in [3.05, 3.63) is 53.1 Å². The number of aliphatic carboxylic acids is 1.